The number of nitrogens with zero attached hydrogens (tertiary/aromatic N) is 4. The first kappa shape index (κ1) is 31.5. The van der Waals surface area contributed by atoms with Crippen molar-refractivity contribution in [3.63, 3.8) is 0 Å². The summed E-state index contributed by atoms with van der Waals surface area (Å²) in [6, 6.07) is 9.81. The average Bonchev–Trinajstić information content (AvgIpc) is 2.95. The van der Waals surface area contributed by atoms with Crippen LogP contribution in [0.1, 0.15) is 32.4 Å². The summed E-state index contributed by atoms with van der Waals surface area (Å²) in [5.74, 6) is -2.15. The van der Waals surface area contributed by atoms with E-state index in [9.17, 15) is 24.9 Å². The van der Waals surface area contributed by atoms with Crippen LogP contribution in [-0.2, 0) is 32.0 Å². The van der Waals surface area contributed by atoms with Gasteiger partial charge in [0.2, 0.25) is 0 Å². The molecule has 3 N–H and O–H groups in total. The van der Waals surface area contributed by atoms with Crippen LogP contribution in [0, 0.1) is 0 Å². The molecule has 0 bridgehead atoms. The zero-order valence-corrected chi connectivity index (χ0v) is 22.5. The van der Waals surface area contributed by atoms with Crippen LogP contribution >= 0.6 is 0 Å². The van der Waals surface area contributed by atoms with Crippen molar-refractivity contribution in [3.8, 4) is 0 Å². The van der Waals surface area contributed by atoms with Crippen molar-refractivity contribution in [3.05, 3.63) is 59.2 Å². The second-order valence-electron chi connectivity index (χ2n) is 9.17. The minimum absolute atomic E-state index is 0.00455. The Balaban J connectivity index is 1.55. The van der Waals surface area contributed by atoms with Gasteiger partial charge in [-0.05, 0) is 24.3 Å². The van der Waals surface area contributed by atoms with Crippen LogP contribution in [-0.4, -0.2) is 132 Å². The number of rotatable bonds is 7. The Morgan fingerprint density at radius 3 is 1.68 bits per heavy atom. The summed E-state index contributed by atoms with van der Waals surface area (Å²) in [5.41, 5.74) is 1.25. The molecule has 0 saturated carbocycles. The molecule has 0 radical (unpaired) electrons. The molecule has 1 atom stereocenters. The van der Waals surface area contributed by atoms with Gasteiger partial charge in [-0.25, -0.2) is 19.6 Å². The highest BCUT2D eigenvalue weighted by atomic mass is 16.5. The van der Waals surface area contributed by atoms with E-state index in [4.69, 9.17) is 18.9 Å². The molecule has 0 spiro atoms. The van der Waals surface area contributed by atoms with Crippen molar-refractivity contribution in [2.24, 2.45) is 0 Å². The minimum atomic E-state index is -1.08. The average molecular weight is 563 g/mol. The lowest BCUT2D eigenvalue weighted by molar-refractivity contribution is -0.0535. The number of aliphatic hydroxyl groups excluding tert-OH is 1. The van der Waals surface area contributed by atoms with E-state index in [2.05, 4.69) is 19.8 Å². The Morgan fingerprint density at radius 1 is 0.725 bits per heavy atom. The van der Waals surface area contributed by atoms with Crippen molar-refractivity contribution in [2.75, 3.05) is 79.0 Å². The molecule has 0 aromatic carbocycles. The van der Waals surface area contributed by atoms with Gasteiger partial charge in [-0.2, -0.15) is 0 Å². The highest BCUT2D eigenvalue weighted by Gasteiger charge is 2.15. The Morgan fingerprint density at radius 2 is 1.20 bits per heavy atom. The Hall–Kier alpha value is -3.04. The van der Waals surface area contributed by atoms with Crippen molar-refractivity contribution in [1.29, 1.82) is 0 Å². The molecular weight excluding hydrogens is 524 g/mol. The summed E-state index contributed by atoms with van der Waals surface area (Å²) in [6.45, 7) is 5.50. The molecule has 1 aliphatic heterocycles. The van der Waals surface area contributed by atoms with E-state index < -0.39 is 18.0 Å². The smallest absolute Gasteiger partial charge is 0.354 e. The molecule has 1 saturated heterocycles. The quantitative estimate of drug-likeness (QED) is 0.431. The number of aromatic carboxylic acids is 2. The van der Waals surface area contributed by atoms with E-state index in [1.807, 2.05) is 0 Å². The predicted octanol–water partition coefficient (Wildman–Crippen LogP) is 0.618. The molecule has 1 unspecified atom stereocenters. The van der Waals surface area contributed by atoms with E-state index >= 15 is 0 Å². The van der Waals surface area contributed by atoms with Gasteiger partial charge in [0.05, 0.1) is 64.2 Å². The molecule has 13 heteroatoms. The SMILES string of the molecule is O=C(O)c1cccc(CN2CCOCCOCCN(Cc3cccc(C(=O)O)n3)CCOC(CO)COCC2)n1. The zero-order valence-electron chi connectivity index (χ0n) is 22.5. The van der Waals surface area contributed by atoms with Crippen LogP contribution in [0.4, 0.5) is 0 Å². The number of ether oxygens (including phenoxy) is 4. The molecular formula is C27H38N4O9. The number of carboxylic acids is 2. The number of carbonyl (C=O) groups is 2. The summed E-state index contributed by atoms with van der Waals surface area (Å²) >= 11 is 0. The highest BCUT2D eigenvalue weighted by molar-refractivity contribution is 5.85. The number of pyridine rings is 2. The normalized spacial score (nSPS) is 19.9. The van der Waals surface area contributed by atoms with Crippen LogP contribution in [0.25, 0.3) is 0 Å². The third-order valence-corrected chi connectivity index (χ3v) is 6.12. The molecule has 3 heterocycles. The third kappa shape index (κ3) is 11.6. The van der Waals surface area contributed by atoms with Gasteiger partial charge in [-0.15, -0.1) is 0 Å². The molecule has 3 rings (SSSR count). The number of aromatic nitrogens is 2. The second kappa shape index (κ2) is 17.6. The molecule has 1 aliphatic rings. The van der Waals surface area contributed by atoms with Crippen LogP contribution in [0.15, 0.2) is 36.4 Å². The highest BCUT2D eigenvalue weighted by Crippen LogP contribution is 2.07. The Kier molecular flexibility index (Phi) is 13.9. The summed E-state index contributed by atoms with van der Waals surface area (Å²) in [5, 5.41) is 28.2. The summed E-state index contributed by atoms with van der Waals surface area (Å²) in [7, 11) is 0. The first-order chi connectivity index (χ1) is 19.4. The van der Waals surface area contributed by atoms with Gasteiger partial charge < -0.3 is 34.3 Å². The van der Waals surface area contributed by atoms with Gasteiger partial charge in [0, 0.05) is 39.3 Å². The maximum absolute atomic E-state index is 11.3. The van der Waals surface area contributed by atoms with Gasteiger partial charge in [0.25, 0.3) is 0 Å². The van der Waals surface area contributed by atoms with Crippen LogP contribution < -0.4 is 0 Å². The molecule has 2 aromatic rings. The summed E-state index contributed by atoms with van der Waals surface area (Å²) in [6.07, 6.45) is -0.504. The van der Waals surface area contributed by atoms with Crippen molar-refractivity contribution < 1.29 is 43.9 Å². The summed E-state index contributed by atoms with van der Waals surface area (Å²) in [4.78, 5) is 35.1. The standard InChI is InChI=1S/C27H38N4O9/c32-19-23-20-39-13-9-30(17-21-3-1-5-24(28-21)26(33)34)7-11-37-15-16-38-12-8-31(10-14-40-23)18-22-4-2-6-25(29-22)27(35)36/h1-6,23,32H,7-20H2,(H,33,34)(H,35,36). The van der Waals surface area contributed by atoms with Gasteiger partial charge >= 0.3 is 11.9 Å². The molecule has 220 valence electrons. The molecule has 40 heavy (non-hydrogen) atoms. The topological polar surface area (TPSA) is 164 Å². The fourth-order valence-electron chi connectivity index (χ4n) is 3.99. The number of hydrogen-bond acceptors (Lipinski definition) is 11. The third-order valence-electron chi connectivity index (χ3n) is 6.12. The van der Waals surface area contributed by atoms with Crippen LogP contribution in [0.3, 0.4) is 0 Å². The fraction of sp³-hybridized carbons (Fsp3) is 0.556. The van der Waals surface area contributed by atoms with Gasteiger partial charge in [-0.3, -0.25) is 9.80 Å². The molecule has 1 fully saturated rings. The lowest BCUT2D eigenvalue weighted by Crippen LogP contribution is -2.35. The van der Waals surface area contributed by atoms with Crippen molar-refractivity contribution in [1.82, 2.24) is 19.8 Å². The van der Waals surface area contributed by atoms with Crippen molar-refractivity contribution in [2.45, 2.75) is 19.2 Å². The first-order valence-electron chi connectivity index (χ1n) is 13.2. The summed E-state index contributed by atoms with van der Waals surface area (Å²) < 4.78 is 23.1. The van der Waals surface area contributed by atoms with Crippen LogP contribution in [0.2, 0.25) is 0 Å². The lowest BCUT2D eigenvalue weighted by atomic mass is 10.3. The van der Waals surface area contributed by atoms with Crippen molar-refractivity contribution >= 4 is 11.9 Å². The Bertz CT molecular complexity index is 1060. The molecule has 2 aromatic heterocycles. The van der Waals surface area contributed by atoms with Gasteiger partial charge in [0.15, 0.2) is 0 Å². The minimum Gasteiger partial charge on any atom is -0.477 e. The second-order valence-corrected chi connectivity index (χ2v) is 9.17. The van der Waals surface area contributed by atoms with Gasteiger partial charge in [0.1, 0.15) is 17.5 Å². The zero-order chi connectivity index (χ0) is 28.6. The number of carboxylic acid groups (broad SMARTS) is 2. The van der Waals surface area contributed by atoms with Crippen LogP contribution in [0.5, 0.6) is 0 Å². The molecule has 0 aliphatic carbocycles. The monoisotopic (exact) mass is 562 g/mol. The largest absolute Gasteiger partial charge is 0.477 e. The maximum atomic E-state index is 11.3. The molecule has 13 nitrogen and oxygen atoms in total. The fourth-order valence-corrected chi connectivity index (χ4v) is 3.99. The van der Waals surface area contributed by atoms with E-state index in [0.717, 1.165) is 0 Å². The number of aliphatic hydroxyl groups is 1. The van der Waals surface area contributed by atoms with Gasteiger partial charge in [-0.1, -0.05) is 12.1 Å². The van der Waals surface area contributed by atoms with E-state index in [1.54, 1.807) is 24.3 Å². The molecule has 0 amide bonds. The predicted molar refractivity (Wildman–Crippen MR) is 142 cm³/mol. The maximum Gasteiger partial charge on any atom is 0.354 e. The van der Waals surface area contributed by atoms with E-state index in [1.165, 1.54) is 12.1 Å². The lowest BCUT2D eigenvalue weighted by Gasteiger charge is -2.25. The van der Waals surface area contributed by atoms with E-state index in [-0.39, 0.29) is 24.6 Å². The first-order valence-corrected chi connectivity index (χ1v) is 13.2. The Labute approximate surface area is 233 Å². The number of hydrogen-bond donors (Lipinski definition) is 3. The van der Waals surface area contributed by atoms with E-state index in [0.29, 0.717) is 90.3 Å².